The van der Waals surface area contributed by atoms with Gasteiger partial charge in [-0.2, -0.15) is 10.4 Å². The van der Waals surface area contributed by atoms with Gasteiger partial charge in [-0.3, -0.25) is 14.3 Å². The van der Waals surface area contributed by atoms with Crippen LogP contribution in [0.15, 0.2) is 53.6 Å². The van der Waals surface area contributed by atoms with Crippen LogP contribution in [0.4, 0.5) is 0 Å². The van der Waals surface area contributed by atoms with Crippen molar-refractivity contribution < 1.29 is 4.79 Å². The number of nitriles is 1. The van der Waals surface area contributed by atoms with Gasteiger partial charge in [0.25, 0.3) is 5.91 Å². The Morgan fingerprint density at radius 1 is 1.30 bits per heavy atom. The zero-order chi connectivity index (χ0) is 19.6. The van der Waals surface area contributed by atoms with Gasteiger partial charge in [-0.05, 0) is 25.1 Å². The van der Waals surface area contributed by atoms with E-state index in [1.165, 1.54) is 12.1 Å². The number of halogens is 1. The number of aromatic nitrogens is 3. The average molecular weight is 382 g/mol. The molecule has 1 atom stereocenters. The Kier molecular flexibility index (Phi) is 5.10. The predicted molar refractivity (Wildman–Crippen MR) is 101 cm³/mol. The summed E-state index contributed by atoms with van der Waals surface area (Å²) in [6.07, 6.45) is 3.36. The third-order valence-corrected chi connectivity index (χ3v) is 4.47. The van der Waals surface area contributed by atoms with Crippen LogP contribution in [-0.4, -0.2) is 20.3 Å². The number of rotatable bonds is 5. The molecule has 0 fully saturated rings. The summed E-state index contributed by atoms with van der Waals surface area (Å²) in [5.41, 5.74) is 7.18. The molecule has 0 spiro atoms. The van der Waals surface area contributed by atoms with E-state index >= 15 is 0 Å². The predicted octanol–water partition coefficient (Wildman–Crippen LogP) is 2.60. The molecule has 3 aromatic rings. The van der Waals surface area contributed by atoms with Crippen molar-refractivity contribution in [2.24, 2.45) is 5.73 Å². The Balaban J connectivity index is 1.84. The Labute approximate surface area is 160 Å². The van der Waals surface area contributed by atoms with Crippen molar-refractivity contribution in [1.82, 2.24) is 14.3 Å². The minimum atomic E-state index is -0.659. The van der Waals surface area contributed by atoms with Crippen molar-refractivity contribution in [1.29, 1.82) is 5.26 Å². The highest BCUT2D eigenvalue weighted by Crippen LogP contribution is 2.24. The van der Waals surface area contributed by atoms with E-state index in [1.807, 2.05) is 25.3 Å². The molecule has 0 aliphatic heterocycles. The smallest absolute Gasteiger partial charge is 0.265 e. The maximum absolute atomic E-state index is 11.6. The van der Waals surface area contributed by atoms with Crippen LogP contribution < -0.4 is 11.2 Å². The van der Waals surface area contributed by atoms with Gasteiger partial charge in [0, 0.05) is 30.1 Å². The minimum Gasteiger partial charge on any atom is -0.364 e. The van der Waals surface area contributed by atoms with Crippen molar-refractivity contribution in [2.45, 2.75) is 19.5 Å². The van der Waals surface area contributed by atoms with E-state index < -0.39 is 5.91 Å². The van der Waals surface area contributed by atoms with Crippen LogP contribution in [0.3, 0.4) is 0 Å². The lowest BCUT2D eigenvalue weighted by Crippen LogP contribution is -2.25. The molecular weight excluding hydrogens is 366 g/mol. The summed E-state index contributed by atoms with van der Waals surface area (Å²) in [7, 11) is 0. The molecule has 0 saturated carbocycles. The maximum Gasteiger partial charge on any atom is 0.265 e. The standard InChI is InChI=1S/C19H16ClN5O2/c1-12(25-7-4-15(26)9-18(25)19(22)27)11-24-6-5-17(23-24)13-2-3-14(10-21)16(20)8-13/h2-9,12H,11H2,1H3,(H2,22,27)/t12-/m0/s1. The van der Waals surface area contributed by atoms with Crippen LogP contribution in [0.25, 0.3) is 11.3 Å². The number of primary amides is 1. The molecule has 3 rings (SSSR count). The lowest BCUT2D eigenvalue weighted by molar-refractivity contribution is 0.0988. The summed E-state index contributed by atoms with van der Waals surface area (Å²) >= 11 is 6.08. The summed E-state index contributed by atoms with van der Waals surface area (Å²) in [5, 5.41) is 13.9. The molecule has 0 unspecified atom stereocenters. The second kappa shape index (κ2) is 7.48. The first-order valence-corrected chi connectivity index (χ1v) is 8.52. The van der Waals surface area contributed by atoms with Gasteiger partial charge in [-0.1, -0.05) is 17.7 Å². The summed E-state index contributed by atoms with van der Waals surface area (Å²) < 4.78 is 3.39. The zero-order valence-electron chi connectivity index (χ0n) is 14.5. The summed E-state index contributed by atoms with van der Waals surface area (Å²) in [6.45, 7) is 2.37. The van der Waals surface area contributed by atoms with Crippen LogP contribution in [0.2, 0.25) is 5.02 Å². The fourth-order valence-corrected chi connectivity index (χ4v) is 3.04. The molecule has 0 bridgehead atoms. The number of benzene rings is 1. The van der Waals surface area contributed by atoms with E-state index in [1.54, 1.807) is 33.6 Å². The third kappa shape index (κ3) is 3.91. The van der Waals surface area contributed by atoms with E-state index in [4.69, 9.17) is 22.6 Å². The molecule has 0 aliphatic rings. The average Bonchev–Trinajstić information content (AvgIpc) is 3.09. The minimum absolute atomic E-state index is 0.154. The Hall–Kier alpha value is -3.37. The lowest BCUT2D eigenvalue weighted by Gasteiger charge is -2.19. The number of pyridine rings is 1. The molecular formula is C19H16ClN5O2. The number of carbonyl (C=O) groups excluding carboxylic acids is 1. The zero-order valence-corrected chi connectivity index (χ0v) is 15.2. The molecule has 0 saturated heterocycles. The van der Waals surface area contributed by atoms with Gasteiger partial charge in [0.1, 0.15) is 11.8 Å². The van der Waals surface area contributed by atoms with Gasteiger partial charge < -0.3 is 10.3 Å². The fraction of sp³-hybridized carbons (Fsp3) is 0.158. The van der Waals surface area contributed by atoms with Gasteiger partial charge >= 0.3 is 0 Å². The number of hydrogen-bond donors (Lipinski definition) is 1. The van der Waals surface area contributed by atoms with Crippen molar-refractivity contribution >= 4 is 17.5 Å². The van der Waals surface area contributed by atoms with Crippen LogP contribution in [0, 0.1) is 11.3 Å². The quantitative estimate of drug-likeness (QED) is 0.732. The first-order chi connectivity index (χ1) is 12.9. The lowest BCUT2D eigenvalue weighted by atomic mass is 10.1. The van der Waals surface area contributed by atoms with E-state index in [9.17, 15) is 9.59 Å². The molecule has 2 heterocycles. The largest absolute Gasteiger partial charge is 0.364 e. The van der Waals surface area contributed by atoms with Crippen LogP contribution in [0.5, 0.6) is 0 Å². The van der Waals surface area contributed by atoms with Crippen LogP contribution >= 0.6 is 11.6 Å². The number of nitrogens with two attached hydrogens (primary N) is 1. The van der Waals surface area contributed by atoms with Gasteiger partial charge in [-0.15, -0.1) is 0 Å². The van der Waals surface area contributed by atoms with Crippen LogP contribution in [0.1, 0.15) is 29.0 Å². The molecule has 2 N–H and O–H groups in total. The van der Waals surface area contributed by atoms with Gasteiger partial charge in [0.05, 0.1) is 28.9 Å². The fourth-order valence-electron chi connectivity index (χ4n) is 2.82. The summed E-state index contributed by atoms with van der Waals surface area (Å²) in [5.74, 6) is -0.659. The number of nitrogens with zero attached hydrogens (tertiary/aromatic N) is 4. The normalized spacial score (nSPS) is 11.7. The SMILES string of the molecule is C[C@@H](Cn1ccc(-c2ccc(C#N)c(Cl)c2)n1)n1ccc(=O)cc1C(N)=O. The highest BCUT2D eigenvalue weighted by atomic mass is 35.5. The molecule has 0 aliphatic carbocycles. The molecule has 1 aromatic carbocycles. The number of hydrogen-bond acceptors (Lipinski definition) is 4. The van der Waals surface area contributed by atoms with Gasteiger partial charge in [0.15, 0.2) is 5.43 Å². The Morgan fingerprint density at radius 3 is 2.74 bits per heavy atom. The van der Waals surface area contributed by atoms with Gasteiger partial charge in [0.2, 0.25) is 0 Å². The molecule has 1 amide bonds. The Morgan fingerprint density at radius 2 is 2.07 bits per heavy atom. The second-order valence-corrected chi connectivity index (χ2v) is 6.50. The van der Waals surface area contributed by atoms with E-state index in [-0.39, 0.29) is 17.2 Å². The van der Waals surface area contributed by atoms with Crippen molar-refractivity contribution in [2.75, 3.05) is 0 Å². The third-order valence-electron chi connectivity index (χ3n) is 4.16. The first kappa shape index (κ1) is 18.4. The van der Waals surface area contributed by atoms with E-state index in [2.05, 4.69) is 5.10 Å². The first-order valence-electron chi connectivity index (χ1n) is 8.14. The molecule has 0 radical (unpaired) electrons. The summed E-state index contributed by atoms with van der Waals surface area (Å²) in [6, 6.07) is 11.4. The Bertz CT molecular complexity index is 1110. The highest BCUT2D eigenvalue weighted by molar-refractivity contribution is 6.32. The topological polar surface area (TPSA) is 107 Å². The monoisotopic (exact) mass is 381 g/mol. The molecule has 7 nitrogen and oxygen atoms in total. The highest BCUT2D eigenvalue weighted by Gasteiger charge is 2.14. The van der Waals surface area contributed by atoms with E-state index in [0.717, 1.165) is 5.56 Å². The molecule has 8 heteroatoms. The molecule has 27 heavy (non-hydrogen) atoms. The van der Waals surface area contributed by atoms with Crippen LogP contribution in [-0.2, 0) is 6.54 Å². The maximum atomic E-state index is 11.6. The summed E-state index contributed by atoms with van der Waals surface area (Å²) in [4.78, 5) is 23.1. The van der Waals surface area contributed by atoms with Crippen molar-refractivity contribution in [3.05, 3.63) is 75.3 Å². The van der Waals surface area contributed by atoms with Crippen molar-refractivity contribution in [3.8, 4) is 17.3 Å². The van der Waals surface area contributed by atoms with Gasteiger partial charge in [-0.25, -0.2) is 0 Å². The number of carbonyl (C=O) groups is 1. The molecule has 2 aromatic heterocycles. The second-order valence-electron chi connectivity index (χ2n) is 6.10. The van der Waals surface area contributed by atoms with Crippen molar-refractivity contribution in [3.63, 3.8) is 0 Å². The van der Waals surface area contributed by atoms with E-state index in [0.29, 0.717) is 22.8 Å². The number of amides is 1. The molecule has 136 valence electrons.